The standard InChI is InChI=1S/C13H12FN2.C7H6N5.Ir/c1-16-8-10-4-2-3-9-5-6-11(14)7-12(9)13(10)15-16;1-5-10-7(12-11-5)6-4-8-2-3-9-6;/h5-6,8H,2-4H2,1H3;2-4H,1H3;/q2*-1;. The first kappa shape index (κ1) is 21.0. The van der Waals surface area contributed by atoms with Crippen LogP contribution in [0.5, 0.6) is 0 Å². The Morgan fingerprint density at radius 1 is 1.17 bits per heavy atom. The van der Waals surface area contributed by atoms with Crippen LogP contribution < -0.4 is 5.10 Å². The van der Waals surface area contributed by atoms with E-state index < -0.39 is 0 Å². The summed E-state index contributed by atoms with van der Waals surface area (Å²) in [6.45, 7) is 1.78. The maximum absolute atomic E-state index is 13.2. The van der Waals surface area contributed by atoms with Gasteiger partial charge in [0, 0.05) is 63.1 Å². The average Bonchev–Trinajstić information content (AvgIpc) is 3.26. The van der Waals surface area contributed by atoms with E-state index in [1.54, 1.807) is 30.2 Å². The van der Waals surface area contributed by atoms with Gasteiger partial charge in [-0.25, -0.2) is 9.49 Å². The second kappa shape index (κ2) is 9.15. The topological polar surface area (TPSA) is 83.5 Å². The summed E-state index contributed by atoms with van der Waals surface area (Å²) in [4.78, 5) is 12.0. The van der Waals surface area contributed by atoms with Crippen molar-refractivity contribution in [2.24, 2.45) is 7.05 Å². The Hall–Kier alpha value is -2.77. The van der Waals surface area contributed by atoms with Crippen molar-refractivity contribution in [3.8, 4) is 22.8 Å². The Kier molecular flexibility index (Phi) is 6.61. The molecule has 0 saturated heterocycles. The number of hydrogen-bond acceptors (Lipinski definition) is 5. The van der Waals surface area contributed by atoms with E-state index >= 15 is 0 Å². The van der Waals surface area contributed by atoms with Crippen molar-refractivity contribution < 1.29 is 24.5 Å². The summed E-state index contributed by atoms with van der Waals surface area (Å²) in [5.74, 6) is 0.869. The minimum Gasteiger partial charge on any atom is -0.421 e. The van der Waals surface area contributed by atoms with Gasteiger partial charge in [-0.1, -0.05) is 12.8 Å². The number of halogens is 1. The van der Waals surface area contributed by atoms with Crippen LogP contribution in [0.4, 0.5) is 4.39 Å². The summed E-state index contributed by atoms with van der Waals surface area (Å²) in [7, 11) is 1.90. The predicted octanol–water partition coefficient (Wildman–Crippen LogP) is 2.71. The number of benzene rings is 1. The van der Waals surface area contributed by atoms with Crippen LogP contribution in [-0.2, 0) is 40.0 Å². The molecule has 151 valence electrons. The first-order chi connectivity index (χ1) is 13.6. The summed E-state index contributed by atoms with van der Waals surface area (Å²) in [6, 6.07) is 6.13. The van der Waals surface area contributed by atoms with Gasteiger partial charge in [-0.2, -0.15) is 0 Å². The Bertz CT molecular complexity index is 1090. The molecule has 1 radical (unpaired) electrons. The zero-order valence-corrected chi connectivity index (χ0v) is 18.3. The van der Waals surface area contributed by atoms with Gasteiger partial charge in [-0.3, -0.25) is 19.7 Å². The third-order valence-corrected chi connectivity index (χ3v) is 4.38. The SMILES string of the molecule is Cc1n[n-]c(-c2cnccn2)n1.Cn1cc2c(n1)-c1[c-]c(F)ccc1CCC2.[Ir]. The Balaban J connectivity index is 0.000000167. The molecule has 3 heterocycles. The van der Waals surface area contributed by atoms with Crippen LogP contribution in [0.3, 0.4) is 0 Å². The van der Waals surface area contributed by atoms with Crippen molar-refractivity contribution >= 4 is 0 Å². The van der Waals surface area contributed by atoms with E-state index in [1.807, 2.05) is 19.3 Å². The second-order valence-corrected chi connectivity index (χ2v) is 6.51. The zero-order chi connectivity index (χ0) is 19.5. The van der Waals surface area contributed by atoms with Crippen LogP contribution in [0.1, 0.15) is 23.4 Å². The molecular formula is C20H18FIrN7-2. The van der Waals surface area contributed by atoms with E-state index in [4.69, 9.17) is 0 Å². The Morgan fingerprint density at radius 3 is 2.72 bits per heavy atom. The Morgan fingerprint density at radius 2 is 2.00 bits per heavy atom. The number of aromatic nitrogens is 7. The van der Waals surface area contributed by atoms with Crippen molar-refractivity contribution in [1.29, 1.82) is 0 Å². The minimum atomic E-state index is -0.308. The van der Waals surface area contributed by atoms with Crippen molar-refractivity contribution in [3.63, 3.8) is 0 Å². The quantitative estimate of drug-likeness (QED) is 0.329. The maximum Gasteiger partial charge on any atom is 0.0817 e. The van der Waals surface area contributed by atoms with Crippen LogP contribution in [-0.4, -0.2) is 29.8 Å². The molecule has 0 spiro atoms. The van der Waals surface area contributed by atoms with Crippen LogP contribution in [0.15, 0.2) is 36.9 Å². The molecule has 5 rings (SSSR count). The van der Waals surface area contributed by atoms with Crippen molar-refractivity contribution in [2.45, 2.75) is 26.2 Å². The van der Waals surface area contributed by atoms with Crippen LogP contribution in [0, 0.1) is 18.8 Å². The summed E-state index contributed by atoms with van der Waals surface area (Å²) in [6.07, 6.45) is 9.90. The molecule has 0 N–H and O–H groups in total. The van der Waals surface area contributed by atoms with E-state index in [1.165, 1.54) is 11.6 Å². The molecule has 4 aromatic rings. The number of hydrogen-bond donors (Lipinski definition) is 0. The molecule has 1 aromatic carbocycles. The molecule has 0 aliphatic heterocycles. The molecule has 0 atom stereocenters. The molecular weight excluding hydrogens is 549 g/mol. The van der Waals surface area contributed by atoms with E-state index in [-0.39, 0.29) is 25.9 Å². The summed E-state index contributed by atoms with van der Waals surface area (Å²) in [5.41, 5.74) is 4.74. The van der Waals surface area contributed by atoms with Gasteiger partial charge < -0.3 is 10.1 Å². The van der Waals surface area contributed by atoms with Gasteiger partial charge in [0.1, 0.15) is 0 Å². The van der Waals surface area contributed by atoms with Crippen molar-refractivity contribution in [2.75, 3.05) is 0 Å². The van der Waals surface area contributed by atoms with Gasteiger partial charge in [0.25, 0.3) is 0 Å². The molecule has 0 bridgehead atoms. The molecule has 0 unspecified atom stereocenters. The molecule has 1 aliphatic carbocycles. The fourth-order valence-corrected chi connectivity index (χ4v) is 3.16. The maximum atomic E-state index is 13.2. The largest absolute Gasteiger partial charge is 0.421 e. The third kappa shape index (κ3) is 4.80. The minimum absolute atomic E-state index is 0. The van der Waals surface area contributed by atoms with Gasteiger partial charge >= 0.3 is 0 Å². The summed E-state index contributed by atoms with van der Waals surface area (Å²) < 4.78 is 15.0. The van der Waals surface area contributed by atoms with E-state index in [0.717, 1.165) is 36.1 Å². The number of nitrogens with zero attached hydrogens (tertiary/aromatic N) is 7. The van der Waals surface area contributed by atoms with Gasteiger partial charge in [0.05, 0.1) is 11.9 Å². The smallest absolute Gasteiger partial charge is 0.0817 e. The molecule has 29 heavy (non-hydrogen) atoms. The predicted molar refractivity (Wildman–Crippen MR) is 101 cm³/mol. The molecule has 1 aliphatic rings. The fraction of sp³-hybridized carbons (Fsp3) is 0.250. The van der Waals surface area contributed by atoms with Gasteiger partial charge in [0.2, 0.25) is 0 Å². The molecule has 7 nitrogen and oxygen atoms in total. The molecule has 0 amide bonds. The number of aryl methyl sites for hydroxylation is 4. The molecule has 3 aromatic heterocycles. The molecule has 0 saturated carbocycles. The number of rotatable bonds is 1. The van der Waals surface area contributed by atoms with Crippen LogP contribution in [0.2, 0.25) is 0 Å². The van der Waals surface area contributed by atoms with Gasteiger partial charge in [0.15, 0.2) is 0 Å². The summed E-state index contributed by atoms with van der Waals surface area (Å²) in [5, 5.41) is 12.0. The first-order valence-electron chi connectivity index (χ1n) is 8.94. The zero-order valence-electron chi connectivity index (χ0n) is 15.9. The molecule has 0 fully saturated rings. The van der Waals surface area contributed by atoms with E-state index in [2.05, 4.69) is 36.3 Å². The molecule has 9 heteroatoms. The second-order valence-electron chi connectivity index (χ2n) is 6.51. The van der Waals surface area contributed by atoms with E-state index in [9.17, 15) is 4.39 Å². The van der Waals surface area contributed by atoms with Crippen LogP contribution in [0.25, 0.3) is 22.8 Å². The average molecular weight is 568 g/mol. The van der Waals surface area contributed by atoms with Crippen LogP contribution >= 0.6 is 0 Å². The fourth-order valence-electron chi connectivity index (χ4n) is 3.16. The van der Waals surface area contributed by atoms with E-state index in [0.29, 0.717) is 17.3 Å². The Labute approximate surface area is 181 Å². The van der Waals surface area contributed by atoms with Gasteiger partial charge in [-0.05, 0) is 24.7 Å². The van der Waals surface area contributed by atoms with Crippen molar-refractivity contribution in [3.05, 3.63) is 65.8 Å². The van der Waals surface area contributed by atoms with Gasteiger partial charge in [-0.15, -0.1) is 29.3 Å². The normalized spacial score (nSPS) is 12.0. The first-order valence-corrected chi connectivity index (χ1v) is 8.94. The third-order valence-electron chi connectivity index (χ3n) is 4.38. The summed E-state index contributed by atoms with van der Waals surface area (Å²) >= 11 is 0. The monoisotopic (exact) mass is 568 g/mol. The van der Waals surface area contributed by atoms with Crippen molar-refractivity contribution in [1.82, 2.24) is 34.9 Å². The number of fused-ring (bicyclic) bond motifs is 3.